The van der Waals surface area contributed by atoms with Crippen molar-refractivity contribution in [3.05, 3.63) is 64.8 Å². The van der Waals surface area contributed by atoms with Crippen LogP contribution in [0.25, 0.3) is 10.1 Å². The number of ether oxygens (including phenoxy) is 1. The van der Waals surface area contributed by atoms with Gasteiger partial charge in [0.15, 0.2) is 0 Å². The molecule has 3 rings (SSSR count). The molecule has 1 aromatic heterocycles. The van der Waals surface area contributed by atoms with Crippen LogP contribution < -0.4 is 10.1 Å². The molecule has 0 unspecified atom stereocenters. The van der Waals surface area contributed by atoms with Crippen molar-refractivity contribution in [3.63, 3.8) is 0 Å². The van der Waals surface area contributed by atoms with Crippen LogP contribution in [0.3, 0.4) is 0 Å². The molecule has 1 N–H and O–H groups in total. The first-order valence-electron chi connectivity index (χ1n) is 7.73. The monoisotopic (exact) mass is 365 g/mol. The highest BCUT2D eigenvalue weighted by Gasteiger charge is 2.17. The van der Waals surface area contributed by atoms with E-state index in [1.165, 1.54) is 17.4 Å². The van der Waals surface area contributed by atoms with Crippen molar-refractivity contribution in [2.75, 3.05) is 13.6 Å². The predicted molar refractivity (Wildman–Crippen MR) is 102 cm³/mol. The summed E-state index contributed by atoms with van der Waals surface area (Å²) in [7, 11) is 1.93. The summed E-state index contributed by atoms with van der Waals surface area (Å²) >= 11 is 1.54. The molecule has 0 saturated heterocycles. The van der Waals surface area contributed by atoms with Gasteiger partial charge in [-0.2, -0.15) is 0 Å². The molecule has 0 spiro atoms. The first kappa shape index (κ1) is 18.7. The number of benzene rings is 2. The molecule has 0 radical (unpaired) electrons. The lowest BCUT2D eigenvalue weighted by Crippen LogP contribution is -2.16. The molecular weight excluding hydrogens is 345 g/mol. The summed E-state index contributed by atoms with van der Waals surface area (Å²) in [5.41, 5.74) is 2.09. The van der Waals surface area contributed by atoms with Crippen molar-refractivity contribution in [3.8, 4) is 5.75 Å². The Morgan fingerprint density at radius 2 is 1.92 bits per heavy atom. The minimum atomic E-state index is -0.183. The molecule has 0 aliphatic carbocycles. The Labute approximate surface area is 152 Å². The average molecular weight is 366 g/mol. The quantitative estimate of drug-likeness (QED) is 0.622. The van der Waals surface area contributed by atoms with E-state index in [-0.39, 0.29) is 24.3 Å². The molecule has 1 atom stereocenters. The highest BCUT2D eigenvalue weighted by molar-refractivity contribution is 7.17. The van der Waals surface area contributed by atoms with E-state index >= 15 is 0 Å². The molecule has 0 aliphatic heterocycles. The molecule has 0 aliphatic rings. The maximum atomic E-state index is 14.1. The van der Waals surface area contributed by atoms with Crippen molar-refractivity contribution in [2.24, 2.45) is 0 Å². The number of hydrogen-bond donors (Lipinski definition) is 1. The van der Waals surface area contributed by atoms with E-state index in [0.29, 0.717) is 5.39 Å². The predicted octanol–water partition coefficient (Wildman–Crippen LogP) is 5.50. The molecule has 0 fully saturated rings. The molecule has 0 saturated carbocycles. The number of rotatable bonds is 6. The van der Waals surface area contributed by atoms with Gasteiger partial charge in [-0.3, -0.25) is 0 Å². The van der Waals surface area contributed by atoms with E-state index in [9.17, 15) is 4.39 Å². The summed E-state index contributed by atoms with van der Waals surface area (Å²) in [6.45, 7) is 2.79. The normalized spacial score (nSPS) is 12.0. The van der Waals surface area contributed by atoms with Gasteiger partial charge in [-0.15, -0.1) is 23.7 Å². The Bertz CT molecular complexity index is 791. The standard InChI is InChI=1S/C19H20FNOS.ClH/c1-13-12-23-19-17(9-8-15(20)18(13)19)22-16(10-11-21-2)14-6-4-3-5-7-14;/h3-9,12,16,21H,10-11H2,1-2H3;1H/t16-;/m1./s1. The average Bonchev–Trinajstić information content (AvgIpc) is 2.97. The second kappa shape index (κ2) is 8.47. The molecule has 0 bridgehead atoms. The van der Waals surface area contributed by atoms with Gasteiger partial charge in [0.2, 0.25) is 0 Å². The zero-order chi connectivity index (χ0) is 16.2. The van der Waals surface area contributed by atoms with Crippen LogP contribution in [0.1, 0.15) is 23.7 Å². The number of nitrogens with one attached hydrogen (secondary N) is 1. The molecule has 24 heavy (non-hydrogen) atoms. The van der Waals surface area contributed by atoms with Crippen LogP contribution in [-0.2, 0) is 0 Å². The third kappa shape index (κ3) is 3.89. The smallest absolute Gasteiger partial charge is 0.138 e. The third-order valence-corrected chi connectivity index (χ3v) is 5.03. The number of fused-ring (bicyclic) bond motifs is 1. The maximum Gasteiger partial charge on any atom is 0.138 e. The summed E-state index contributed by atoms with van der Waals surface area (Å²) in [5.74, 6) is 0.571. The maximum absolute atomic E-state index is 14.1. The van der Waals surface area contributed by atoms with Crippen LogP contribution in [-0.4, -0.2) is 13.6 Å². The van der Waals surface area contributed by atoms with Gasteiger partial charge in [-0.25, -0.2) is 4.39 Å². The van der Waals surface area contributed by atoms with Gasteiger partial charge in [0, 0.05) is 11.8 Å². The second-order valence-corrected chi connectivity index (χ2v) is 6.46. The number of aryl methyl sites for hydroxylation is 1. The summed E-state index contributed by atoms with van der Waals surface area (Å²) < 4.78 is 21.2. The SMILES string of the molecule is CNCC[C@@H](Oc1ccc(F)c2c(C)csc12)c1ccccc1.Cl. The van der Waals surface area contributed by atoms with Crippen molar-refractivity contribution >= 4 is 33.8 Å². The van der Waals surface area contributed by atoms with Crippen molar-refractivity contribution in [1.82, 2.24) is 5.32 Å². The van der Waals surface area contributed by atoms with Crippen molar-refractivity contribution < 1.29 is 9.13 Å². The fourth-order valence-corrected chi connectivity index (χ4v) is 3.73. The van der Waals surface area contributed by atoms with Crippen LogP contribution in [0.15, 0.2) is 47.8 Å². The van der Waals surface area contributed by atoms with Gasteiger partial charge in [-0.05, 0) is 49.2 Å². The first-order valence-corrected chi connectivity index (χ1v) is 8.61. The van der Waals surface area contributed by atoms with Gasteiger partial charge >= 0.3 is 0 Å². The fourth-order valence-electron chi connectivity index (χ4n) is 2.71. The van der Waals surface area contributed by atoms with Gasteiger partial charge < -0.3 is 10.1 Å². The topological polar surface area (TPSA) is 21.3 Å². The van der Waals surface area contributed by atoms with Gasteiger partial charge in [0.05, 0.1) is 4.70 Å². The molecule has 128 valence electrons. The van der Waals surface area contributed by atoms with Crippen LogP contribution >= 0.6 is 23.7 Å². The Hall–Kier alpha value is -1.62. The molecule has 2 aromatic carbocycles. The third-order valence-electron chi connectivity index (χ3n) is 3.92. The lowest BCUT2D eigenvalue weighted by Gasteiger charge is -2.20. The van der Waals surface area contributed by atoms with Gasteiger partial charge in [0.1, 0.15) is 17.7 Å². The van der Waals surface area contributed by atoms with Crippen molar-refractivity contribution in [1.29, 1.82) is 0 Å². The Kier molecular flexibility index (Phi) is 6.60. The Morgan fingerprint density at radius 3 is 2.62 bits per heavy atom. The zero-order valence-corrected chi connectivity index (χ0v) is 15.3. The fraction of sp³-hybridized carbons (Fsp3) is 0.263. The first-order chi connectivity index (χ1) is 11.2. The molecule has 5 heteroatoms. The van der Waals surface area contributed by atoms with E-state index in [1.807, 2.05) is 37.6 Å². The summed E-state index contributed by atoms with van der Waals surface area (Å²) in [5, 5.41) is 5.82. The van der Waals surface area contributed by atoms with E-state index in [2.05, 4.69) is 17.4 Å². The lowest BCUT2D eigenvalue weighted by atomic mass is 10.1. The molecule has 0 amide bonds. The van der Waals surface area contributed by atoms with E-state index < -0.39 is 0 Å². The van der Waals surface area contributed by atoms with Crippen LogP contribution in [0, 0.1) is 12.7 Å². The number of halogens is 2. The highest BCUT2D eigenvalue weighted by atomic mass is 35.5. The number of thiophene rings is 1. The van der Waals surface area contributed by atoms with E-state index in [1.54, 1.807) is 6.07 Å². The van der Waals surface area contributed by atoms with Gasteiger partial charge in [-0.1, -0.05) is 30.3 Å². The summed E-state index contributed by atoms with van der Waals surface area (Å²) in [6.07, 6.45) is 0.795. The van der Waals surface area contributed by atoms with Crippen LogP contribution in [0.2, 0.25) is 0 Å². The Balaban J connectivity index is 0.00000208. The molecular formula is C19H21ClFNOS. The lowest BCUT2D eigenvalue weighted by molar-refractivity contribution is 0.198. The Morgan fingerprint density at radius 1 is 1.17 bits per heavy atom. The molecule has 1 heterocycles. The van der Waals surface area contributed by atoms with E-state index in [0.717, 1.165) is 34.5 Å². The molecule has 3 aromatic rings. The highest BCUT2D eigenvalue weighted by Crippen LogP contribution is 2.37. The van der Waals surface area contributed by atoms with Crippen LogP contribution in [0.4, 0.5) is 4.39 Å². The zero-order valence-electron chi connectivity index (χ0n) is 13.7. The van der Waals surface area contributed by atoms with Crippen molar-refractivity contribution in [2.45, 2.75) is 19.4 Å². The molecule has 2 nitrogen and oxygen atoms in total. The minimum Gasteiger partial charge on any atom is -0.484 e. The van der Waals surface area contributed by atoms with E-state index in [4.69, 9.17) is 4.74 Å². The minimum absolute atomic E-state index is 0. The largest absolute Gasteiger partial charge is 0.484 e. The number of hydrogen-bond acceptors (Lipinski definition) is 3. The summed E-state index contributed by atoms with van der Waals surface area (Å²) in [4.78, 5) is 0. The second-order valence-electron chi connectivity index (χ2n) is 5.58. The summed E-state index contributed by atoms with van der Waals surface area (Å²) in [6, 6.07) is 13.4. The van der Waals surface area contributed by atoms with Crippen LogP contribution in [0.5, 0.6) is 5.75 Å². The van der Waals surface area contributed by atoms with Gasteiger partial charge in [0.25, 0.3) is 0 Å².